The van der Waals surface area contributed by atoms with Crippen LogP contribution in [0.5, 0.6) is 0 Å². The van der Waals surface area contributed by atoms with Gasteiger partial charge in [0.05, 0.1) is 0 Å². The standard InChI is InChI=1S/C17H21F2N5/c1-12(13-6-7-15(17(18)19)21-10-13)20-11-14-4-3-9-24(14)16-5-2-8-22-23-16/h2,5-8,10,12,14,17,20H,3-4,9,11H2,1H3. The summed E-state index contributed by atoms with van der Waals surface area (Å²) in [4.78, 5) is 6.09. The van der Waals surface area contributed by atoms with E-state index >= 15 is 0 Å². The van der Waals surface area contributed by atoms with Gasteiger partial charge in [0.2, 0.25) is 0 Å². The van der Waals surface area contributed by atoms with E-state index in [1.165, 1.54) is 12.3 Å². The zero-order valence-corrected chi connectivity index (χ0v) is 13.6. The molecule has 0 bridgehead atoms. The third kappa shape index (κ3) is 3.84. The van der Waals surface area contributed by atoms with Crippen LogP contribution in [0.25, 0.3) is 0 Å². The van der Waals surface area contributed by atoms with Crippen molar-refractivity contribution in [3.8, 4) is 0 Å². The quantitative estimate of drug-likeness (QED) is 0.880. The van der Waals surface area contributed by atoms with Crippen LogP contribution in [0, 0.1) is 0 Å². The smallest absolute Gasteiger partial charge is 0.280 e. The van der Waals surface area contributed by atoms with Gasteiger partial charge in [-0.2, -0.15) is 5.10 Å². The summed E-state index contributed by atoms with van der Waals surface area (Å²) in [6.45, 7) is 3.79. The molecule has 1 saturated heterocycles. The van der Waals surface area contributed by atoms with Crippen LogP contribution in [0.2, 0.25) is 0 Å². The van der Waals surface area contributed by atoms with Gasteiger partial charge in [-0.05, 0) is 43.5 Å². The lowest BCUT2D eigenvalue weighted by atomic mass is 10.1. The van der Waals surface area contributed by atoms with Crippen molar-refractivity contribution in [3.63, 3.8) is 0 Å². The van der Waals surface area contributed by atoms with Crippen molar-refractivity contribution >= 4 is 5.82 Å². The molecule has 3 rings (SSSR count). The Hall–Kier alpha value is -2.15. The van der Waals surface area contributed by atoms with E-state index in [1.807, 2.05) is 19.1 Å². The molecular weight excluding hydrogens is 312 g/mol. The second kappa shape index (κ2) is 7.61. The molecule has 0 aromatic carbocycles. The maximum Gasteiger partial charge on any atom is 0.280 e. The zero-order valence-electron chi connectivity index (χ0n) is 13.6. The van der Waals surface area contributed by atoms with E-state index in [2.05, 4.69) is 25.4 Å². The van der Waals surface area contributed by atoms with Crippen molar-refractivity contribution in [1.82, 2.24) is 20.5 Å². The third-order valence-electron chi connectivity index (χ3n) is 4.42. The van der Waals surface area contributed by atoms with Gasteiger partial charge in [0.1, 0.15) is 5.69 Å². The molecule has 0 amide bonds. The van der Waals surface area contributed by atoms with Gasteiger partial charge in [-0.3, -0.25) is 4.98 Å². The number of nitrogens with zero attached hydrogens (tertiary/aromatic N) is 4. The predicted octanol–water partition coefficient (Wildman–Crippen LogP) is 3.13. The minimum Gasteiger partial charge on any atom is -0.351 e. The Kier molecular flexibility index (Phi) is 5.30. The van der Waals surface area contributed by atoms with Crippen LogP contribution in [0.3, 0.4) is 0 Å². The first-order valence-corrected chi connectivity index (χ1v) is 8.17. The molecule has 2 unspecified atom stereocenters. The summed E-state index contributed by atoms with van der Waals surface area (Å²) in [6.07, 6.45) is 2.89. The largest absolute Gasteiger partial charge is 0.351 e. The molecule has 1 fully saturated rings. The van der Waals surface area contributed by atoms with Crippen LogP contribution in [-0.4, -0.2) is 34.3 Å². The summed E-state index contributed by atoms with van der Waals surface area (Å²) in [5.41, 5.74) is 0.721. The highest BCUT2D eigenvalue weighted by molar-refractivity contribution is 5.39. The zero-order chi connectivity index (χ0) is 16.9. The van der Waals surface area contributed by atoms with Crippen LogP contribution >= 0.6 is 0 Å². The third-order valence-corrected chi connectivity index (χ3v) is 4.42. The molecule has 2 aromatic rings. The van der Waals surface area contributed by atoms with Crippen LogP contribution in [0.1, 0.15) is 43.5 Å². The fraction of sp³-hybridized carbons (Fsp3) is 0.471. The highest BCUT2D eigenvalue weighted by atomic mass is 19.3. The van der Waals surface area contributed by atoms with Crippen LogP contribution in [0.4, 0.5) is 14.6 Å². The second-order valence-corrected chi connectivity index (χ2v) is 6.02. The molecule has 1 aliphatic heterocycles. The first kappa shape index (κ1) is 16.7. The average molecular weight is 333 g/mol. The van der Waals surface area contributed by atoms with E-state index in [1.54, 1.807) is 12.3 Å². The number of hydrogen-bond acceptors (Lipinski definition) is 5. The van der Waals surface area contributed by atoms with Crippen molar-refractivity contribution in [2.75, 3.05) is 18.0 Å². The molecule has 3 heterocycles. The van der Waals surface area contributed by atoms with Crippen molar-refractivity contribution in [2.45, 2.75) is 38.3 Å². The number of rotatable bonds is 6. The molecule has 0 saturated carbocycles. The lowest BCUT2D eigenvalue weighted by Gasteiger charge is -2.27. The van der Waals surface area contributed by atoms with E-state index in [4.69, 9.17) is 0 Å². The van der Waals surface area contributed by atoms with E-state index in [0.717, 1.165) is 37.3 Å². The summed E-state index contributed by atoms with van der Waals surface area (Å²) in [5.74, 6) is 0.900. The normalized spacial score (nSPS) is 19.0. The number of hydrogen-bond donors (Lipinski definition) is 1. The molecule has 7 heteroatoms. The predicted molar refractivity (Wildman–Crippen MR) is 88.0 cm³/mol. The molecule has 0 radical (unpaired) electrons. The second-order valence-electron chi connectivity index (χ2n) is 6.02. The number of nitrogens with one attached hydrogen (secondary N) is 1. The van der Waals surface area contributed by atoms with Crippen LogP contribution in [-0.2, 0) is 0 Å². The van der Waals surface area contributed by atoms with Gasteiger partial charge in [-0.1, -0.05) is 6.07 Å². The lowest BCUT2D eigenvalue weighted by molar-refractivity contribution is 0.146. The average Bonchev–Trinajstić information content (AvgIpc) is 3.09. The maximum atomic E-state index is 12.6. The van der Waals surface area contributed by atoms with Crippen molar-refractivity contribution in [1.29, 1.82) is 0 Å². The molecule has 0 spiro atoms. The summed E-state index contributed by atoms with van der Waals surface area (Å²) < 4.78 is 25.1. The van der Waals surface area contributed by atoms with Gasteiger partial charge in [-0.25, -0.2) is 8.78 Å². The molecule has 5 nitrogen and oxygen atoms in total. The van der Waals surface area contributed by atoms with Gasteiger partial charge in [-0.15, -0.1) is 5.10 Å². The minimum absolute atomic E-state index is 0.0496. The Bertz CT molecular complexity index is 635. The Morgan fingerprint density at radius 2 is 2.21 bits per heavy atom. The Labute approximate surface area is 140 Å². The number of anilines is 1. The lowest BCUT2D eigenvalue weighted by Crippen LogP contribution is -2.39. The van der Waals surface area contributed by atoms with Gasteiger partial charge in [0.15, 0.2) is 5.82 Å². The molecule has 24 heavy (non-hydrogen) atoms. The number of aromatic nitrogens is 3. The molecule has 1 aliphatic rings. The van der Waals surface area contributed by atoms with E-state index in [0.29, 0.717) is 6.04 Å². The topological polar surface area (TPSA) is 53.9 Å². The Morgan fingerprint density at radius 1 is 1.33 bits per heavy atom. The molecule has 2 aromatic heterocycles. The van der Waals surface area contributed by atoms with Crippen LogP contribution in [0.15, 0.2) is 36.7 Å². The summed E-state index contributed by atoms with van der Waals surface area (Å²) in [6, 6.07) is 7.37. The summed E-state index contributed by atoms with van der Waals surface area (Å²) >= 11 is 0. The number of pyridine rings is 1. The Morgan fingerprint density at radius 3 is 2.88 bits per heavy atom. The molecule has 1 N–H and O–H groups in total. The number of alkyl halides is 2. The highest BCUT2D eigenvalue weighted by Crippen LogP contribution is 2.23. The van der Waals surface area contributed by atoms with Gasteiger partial charge >= 0.3 is 0 Å². The van der Waals surface area contributed by atoms with Crippen molar-refractivity contribution in [2.24, 2.45) is 0 Å². The maximum absolute atomic E-state index is 12.6. The first-order valence-electron chi connectivity index (χ1n) is 8.17. The highest BCUT2D eigenvalue weighted by Gasteiger charge is 2.26. The van der Waals surface area contributed by atoms with Gasteiger partial charge in [0, 0.05) is 37.6 Å². The fourth-order valence-electron chi connectivity index (χ4n) is 3.03. The molecule has 0 aliphatic carbocycles. The molecule has 2 atom stereocenters. The van der Waals surface area contributed by atoms with Crippen LogP contribution < -0.4 is 10.2 Å². The SMILES string of the molecule is CC(NCC1CCCN1c1cccnn1)c1ccc(C(F)F)nc1. The monoisotopic (exact) mass is 333 g/mol. The fourth-order valence-corrected chi connectivity index (χ4v) is 3.03. The van der Waals surface area contributed by atoms with Crippen molar-refractivity contribution < 1.29 is 8.78 Å². The van der Waals surface area contributed by atoms with Gasteiger partial charge in [0.25, 0.3) is 6.43 Å². The van der Waals surface area contributed by atoms with Gasteiger partial charge < -0.3 is 10.2 Å². The number of halogens is 2. The minimum atomic E-state index is -2.53. The van der Waals surface area contributed by atoms with E-state index < -0.39 is 6.43 Å². The first-order chi connectivity index (χ1) is 11.6. The van der Waals surface area contributed by atoms with Crippen molar-refractivity contribution in [3.05, 3.63) is 47.9 Å². The Balaban J connectivity index is 1.58. The molecule has 128 valence electrons. The van der Waals surface area contributed by atoms with E-state index in [-0.39, 0.29) is 11.7 Å². The summed E-state index contributed by atoms with van der Waals surface area (Å²) in [7, 11) is 0. The summed E-state index contributed by atoms with van der Waals surface area (Å²) in [5, 5.41) is 11.6. The van der Waals surface area contributed by atoms with E-state index in [9.17, 15) is 8.78 Å². The molecular formula is C17H21F2N5.